The Hall–Kier alpha value is -2.20. The topological polar surface area (TPSA) is 125 Å². The summed E-state index contributed by atoms with van der Waals surface area (Å²) >= 11 is 1.37. The molecule has 0 atom stereocenters. The molecule has 0 spiro atoms. The summed E-state index contributed by atoms with van der Waals surface area (Å²) in [6.07, 6.45) is 0. The highest BCUT2D eigenvalue weighted by Crippen LogP contribution is 2.27. The molecule has 0 radical (unpaired) electrons. The molecule has 2 aromatic rings. The molecule has 0 saturated carbocycles. The fourth-order valence-corrected chi connectivity index (χ4v) is 2.28. The number of hydrazine groups is 1. The lowest BCUT2D eigenvalue weighted by molar-refractivity contribution is -0.384. The number of anilines is 1. The SMILES string of the molecule is Cn1nnnc1SCc1cc([N+](=O)[O-])ccc1NN. The molecular formula is C9H11N7O2S. The second kappa shape index (κ2) is 5.63. The highest BCUT2D eigenvalue weighted by Gasteiger charge is 2.12. The number of nitrogens with one attached hydrogen (secondary N) is 1. The lowest BCUT2D eigenvalue weighted by Gasteiger charge is -2.07. The molecule has 1 aromatic carbocycles. The summed E-state index contributed by atoms with van der Waals surface area (Å²) in [7, 11) is 1.72. The van der Waals surface area contributed by atoms with Gasteiger partial charge >= 0.3 is 0 Å². The summed E-state index contributed by atoms with van der Waals surface area (Å²) in [6, 6.07) is 4.45. The number of nitrogen functional groups attached to an aromatic ring is 1. The van der Waals surface area contributed by atoms with Crippen LogP contribution in [0.1, 0.15) is 5.56 Å². The van der Waals surface area contributed by atoms with Gasteiger partial charge in [0.25, 0.3) is 5.69 Å². The molecule has 0 amide bonds. The Kier molecular flexibility index (Phi) is 3.92. The second-order valence-corrected chi connectivity index (χ2v) is 4.56. The molecule has 0 fully saturated rings. The number of tetrazole rings is 1. The number of hydrogen-bond donors (Lipinski definition) is 2. The summed E-state index contributed by atoms with van der Waals surface area (Å²) in [5.41, 5.74) is 3.88. The number of nitrogens with two attached hydrogens (primary N) is 1. The van der Waals surface area contributed by atoms with Crippen molar-refractivity contribution in [3.63, 3.8) is 0 Å². The van der Waals surface area contributed by atoms with Crippen molar-refractivity contribution in [2.45, 2.75) is 10.9 Å². The molecule has 0 unspecified atom stereocenters. The van der Waals surface area contributed by atoms with Crippen LogP contribution in [0.5, 0.6) is 0 Å². The maximum Gasteiger partial charge on any atom is 0.269 e. The van der Waals surface area contributed by atoms with E-state index in [4.69, 9.17) is 5.84 Å². The second-order valence-electron chi connectivity index (χ2n) is 3.62. The van der Waals surface area contributed by atoms with Crippen molar-refractivity contribution in [2.24, 2.45) is 12.9 Å². The first-order chi connectivity index (χ1) is 9.11. The first-order valence-electron chi connectivity index (χ1n) is 5.21. The van der Waals surface area contributed by atoms with Crippen molar-refractivity contribution in [1.29, 1.82) is 0 Å². The van der Waals surface area contributed by atoms with Crippen LogP contribution in [0.15, 0.2) is 23.4 Å². The minimum absolute atomic E-state index is 0.0192. The predicted molar refractivity (Wildman–Crippen MR) is 69.3 cm³/mol. The van der Waals surface area contributed by atoms with E-state index in [-0.39, 0.29) is 5.69 Å². The van der Waals surface area contributed by atoms with Crippen LogP contribution in [-0.4, -0.2) is 25.1 Å². The van der Waals surface area contributed by atoms with E-state index in [0.29, 0.717) is 22.2 Å². The molecule has 100 valence electrons. The average Bonchev–Trinajstić information content (AvgIpc) is 2.81. The van der Waals surface area contributed by atoms with E-state index in [1.54, 1.807) is 13.1 Å². The number of nitrogens with zero attached hydrogens (tertiary/aromatic N) is 5. The number of aromatic nitrogens is 4. The Labute approximate surface area is 112 Å². The van der Waals surface area contributed by atoms with Crippen LogP contribution in [-0.2, 0) is 12.8 Å². The third-order valence-corrected chi connectivity index (χ3v) is 3.45. The van der Waals surface area contributed by atoms with Crippen molar-refractivity contribution < 1.29 is 4.92 Å². The minimum Gasteiger partial charge on any atom is -0.324 e. The Balaban J connectivity index is 2.20. The molecule has 0 aliphatic carbocycles. The van der Waals surface area contributed by atoms with E-state index < -0.39 is 4.92 Å². The van der Waals surface area contributed by atoms with Crippen LogP contribution >= 0.6 is 11.8 Å². The number of rotatable bonds is 5. The van der Waals surface area contributed by atoms with E-state index in [2.05, 4.69) is 21.0 Å². The first-order valence-corrected chi connectivity index (χ1v) is 6.19. The predicted octanol–water partition coefficient (Wildman–Crippen LogP) is 0.696. The Morgan fingerprint density at radius 2 is 2.37 bits per heavy atom. The van der Waals surface area contributed by atoms with E-state index in [9.17, 15) is 10.1 Å². The van der Waals surface area contributed by atoms with Crippen LogP contribution in [0, 0.1) is 10.1 Å². The third-order valence-electron chi connectivity index (χ3n) is 2.39. The Morgan fingerprint density at radius 1 is 1.58 bits per heavy atom. The summed E-state index contributed by atoms with van der Waals surface area (Å²) < 4.78 is 1.53. The van der Waals surface area contributed by atoms with Crippen LogP contribution in [0.2, 0.25) is 0 Å². The van der Waals surface area contributed by atoms with Crippen LogP contribution < -0.4 is 11.3 Å². The number of aryl methyl sites for hydroxylation is 1. The highest BCUT2D eigenvalue weighted by molar-refractivity contribution is 7.98. The van der Waals surface area contributed by atoms with E-state index in [0.717, 1.165) is 0 Å². The standard InChI is InChI=1S/C9H11N7O2S/c1-15-9(12-13-14-15)19-5-6-4-7(16(17)18)2-3-8(6)11-10/h2-4,11H,5,10H2,1H3. The van der Waals surface area contributed by atoms with Gasteiger partial charge < -0.3 is 5.43 Å². The molecule has 1 heterocycles. The smallest absolute Gasteiger partial charge is 0.269 e. The molecular weight excluding hydrogens is 270 g/mol. The molecule has 0 aliphatic rings. The minimum atomic E-state index is -0.446. The zero-order valence-electron chi connectivity index (χ0n) is 9.98. The molecule has 0 bridgehead atoms. The van der Waals surface area contributed by atoms with Gasteiger partial charge in [0.1, 0.15) is 0 Å². The quantitative estimate of drug-likeness (QED) is 0.355. The van der Waals surface area contributed by atoms with Gasteiger partial charge in [-0.1, -0.05) is 11.8 Å². The number of non-ortho nitro benzene ring substituents is 1. The van der Waals surface area contributed by atoms with Gasteiger partial charge in [0.05, 0.1) is 10.6 Å². The summed E-state index contributed by atoms with van der Waals surface area (Å²) in [4.78, 5) is 10.3. The molecule has 0 saturated heterocycles. The number of hydrogen-bond acceptors (Lipinski definition) is 8. The fourth-order valence-electron chi connectivity index (χ4n) is 1.44. The number of thioether (sulfide) groups is 1. The van der Waals surface area contributed by atoms with Gasteiger partial charge in [-0.2, -0.15) is 0 Å². The van der Waals surface area contributed by atoms with Crippen molar-refractivity contribution in [3.05, 3.63) is 33.9 Å². The summed E-state index contributed by atoms with van der Waals surface area (Å²) in [6.45, 7) is 0. The number of nitro benzene ring substituents is 1. The molecule has 2 rings (SSSR count). The lowest BCUT2D eigenvalue weighted by Crippen LogP contribution is -2.09. The zero-order chi connectivity index (χ0) is 13.8. The van der Waals surface area contributed by atoms with Gasteiger partial charge in [0, 0.05) is 24.9 Å². The van der Waals surface area contributed by atoms with Crippen LogP contribution in [0.3, 0.4) is 0 Å². The molecule has 1 aromatic heterocycles. The summed E-state index contributed by atoms with van der Waals surface area (Å²) in [5.74, 6) is 5.85. The van der Waals surface area contributed by atoms with E-state index in [1.807, 2.05) is 0 Å². The monoisotopic (exact) mass is 281 g/mol. The molecule has 9 nitrogen and oxygen atoms in total. The first kappa shape index (κ1) is 13.2. The number of benzene rings is 1. The Bertz CT molecular complexity index is 600. The normalized spacial score (nSPS) is 10.4. The fraction of sp³-hybridized carbons (Fsp3) is 0.222. The average molecular weight is 281 g/mol. The zero-order valence-corrected chi connectivity index (χ0v) is 10.8. The molecule has 0 aliphatic heterocycles. The summed E-state index contributed by atoms with van der Waals surface area (Å²) in [5, 5.41) is 22.4. The van der Waals surface area contributed by atoms with Crippen LogP contribution in [0.4, 0.5) is 11.4 Å². The van der Waals surface area contributed by atoms with Crippen molar-refractivity contribution in [1.82, 2.24) is 20.2 Å². The third kappa shape index (κ3) is 2.98. The molecule has 10 heteroatoms. The van der Waals surface area contributed by atoms with Gasteiger partial charge in [-0.05, 0) is 22.1 Å². The molecule has 3 N–H and O–H groups in total. The van der Waals surface area contributed by atoms with Crippen LogP contribution in [0.25, 0.3) is 0 Å². The van der Waals surface area contributed by atoms with Crippen molar-refractivity contribution in [2.75, 3.05) is 5.43 Å². The van der Waals surface area contributed by atoms with Gasteiger partial charge in [-0.25, -0.2) is 4.68 Å². The van der Waals surface area contributed by atoms with Gasteiger partial charge in [0.15, 0.2) is 0 Å². The lowest BCUT2D eigenvalue weighted by atomic mass is 10.2. The van der Waals surface area contributed by atoms with E-state index >= 15 is 0 Å². The van der Waals surface area contributed by atoms with Crippen molar-refractivity contribution in [3.8, 4) is 0 Å². The van der Waals surface area contributed by atoms with E-state index in [1.165, 1.54) is 28.6 Å². The largest absolute Gasteiger partial charge is 0.324 e. The Morgan fingerprint density at radius 3 is 2.95 bits per heavy atom. The van der Waals surface area contributed by atoms with Gasteiger partial charge in [0.2, 0.25) is 5.16 Å². The van der Waals surface area contributed by atoms with Gasteiger partial charge in [-0.3, -0.25) is 16.0 Å². The highest BCUT2D eigenvalue weighted by atomic mass is 32.2. The number of nitro groups is 1. The van der Waals surface area contributed by atoms with Crippen molar-refractivity contribution >= 4 is 23.1 Å². The van der Waals surface area contributed by atoms with Gasteiger partial charge in [-0.15, -0.1) is 5.10 Å². The molecule has 19 heavy (non-hydrogen) atoms. The maximum absolute atomic E-state index is 10.8. The maximum atomic E-state index is 10.8.